The normalized spacial score (nSPS) is 12.5. The van der Waals surface area contributed by atoms with Crippen LogP contribution in [0.3, 0.4) is 0 Å². The molecule has 2 aromatic carbocycles. The van der Waals surface area contributed by atoms with E-state index in [-0.39, 0.29) is 27.2 Å². The van der Waals surface area contributed by atoms with Crippen molar-refractivity contribution in [3.8, 4) is 11.1 Å². The molecule has 1 heterocycles. The second-order valence-electron chi connectivity index (χ2n) is 5.21. The lowest BCUT2D eigenvalue weighted by atomic mass is 9.98. The molecule has 0 saturated heterocycles. The van der Waals surface area contributed by atoms with Gasteiger partial charge in [-0.15, -0.1) is 17.7 Å². The predicted molar refractivity (Wildman–Crippen MR) is 101 cm³/mol. The average molecular weight is 393 g/mol. The highest BCUT2D eigenvalue weighted by molar-refractivity contribution is 7.90. The van der Waals surface area contributed by atoms with Gasteiger partial charge in [-0.2, -0.15) is 4.98 Å². The summed E-state index contributed by atoms with van der Waals surface area (Å²) in [7, 11) is -4.18. The first-order valence-electron chi connectivity index (χ1n) is 7.07. The molecular formula is C14H15N7O3S2. The Bertz CT molecular complexity index is 1140. The van der Waals surface area contributed by atoms with Gasteiger partial charge in [0, 0.05) is 16.0 Å². The first-order valence-corrected chi connectivity index (χ1v) is 9.06. The van der Waals surface area contributed by atoms with E-state index >= 15 is 0 Å². The minimum atomic E-state index is -4.18. The molecule has 10 nitrogen and oxygen atoms in total. The van der Waals surface area contributed by atoms with Gasteiger partial charge in [-0.3, -0.25) is 0 Å². The summed E-state index contributed by atoms with van der Waals surface area (Å²) in [5.41, 5.74) is 15.4. The van der Waals surface area contributed by atoms with Crippen molar-refractivity contribution in [2.24, 2.45) is 21.8 Å². The zero-order valence-electron chi connectivity index (χ0n) is 13.2. The lowest BCUT2D eigenvalue weighted by Gasteiger charge is -2.15. The number of primary sulfonamides is 1. The smallest absolute Gasteiger partial charge is 0.293 e. The van der Waals surface area contributed by atoms with Gasteiger partial charge in [0.25, 0.3) is 6.01 Å². The van der Waals surface area contributed by atoms with E-state index in [9.17, 15) is 8.42 Å². The van der Waals surface area contributed by atoms with E-state index in [0.717, 1.165) is 0 Å². The van der Waals surface area contributed by atoms with Crippen molar-refractivity contribution in [2.45, 2.75) is 9.79 Å². The Morgan fingerprint density at radius 3 is 2.62 bits per heavy atom. The number of benzene rings is 2. The third-order valence-electron chi connectivity index (χ3n) is 3.59. The van der Waals surface area contributed by atoms with Crippen LogP contribution in [0.2, 0.25) is 0 Å². The number of oxazole rings is 1. The number of aromatic nitrogens is 1. The van der Waals surface area contributed by atoms with Crippen LogP contribution in [0.15, 0.2) is 49.6 Å². The first kappa shape index (κ1) is 18.0. The topological polar surface area (TPSA) is 189 Å². The number of hydrazine groups is 1. The quantitative estimate of drug-likeness (QED) is 0.118. The van der Waals surface area contributed by atoms with Gasteiger partial charge in [-0.1, -0.05) is 18.2 Å². The molecule has 0 radical (unpaired) electrons. The van der Waals surface area contributed by atoms with Crippen LogP contribution in [0.4, 0.5) is 6.01 Å². The fourth-order valence-electron chi connectivity index (χ4n) is 2.65. The number of para-hydroxylation sites is 1. The Morgan fingerprint density at radius 1 is 1.23 bits per heavy atom. The number of nitrogens with two attached hydrogens (primary N) is 4. The number of rotatable bonds is 4. The summed E-state index contributed by atoms with van der Waals surface area (Å²) in [5, 5.41) is 9.04. The Hall–Kier alpha value is -2.80. The van der Waals surface area contributed by atoms with Gasteiger partial charge in [0.1, 0.15) is 10.4 Å². The third kappa shape index (κ3) is 3.06. The molecule has 12 heteroatoms. The SMILES string of the molecule is NN/N=C(\N)c1c(-c2cccc3oc(N)nc23)ccc(S)c1S(N)(=O)=O. The summed E-state index contributed by atoms with van der Waals surface area (Å²) in [4.78, 5) is 3.96. The summed E-state index contributed by atoms with van der Waals surface area (Å²) in [6.07, 6.45) is 0. The molecule has 0 aliphatic heterocycles. The summed E-state index contributed by atoms with van der Waals surface area (Å²) in [5.74, 6) is 4.99. The number of fused-ring (bicyclic) bond motifs is 1. The fraction of sp³-hybridized carbons (Fsp3) is 0. The van der Waals surface area contributed by atoms with Crippen molar-refractivity contribution in [2.75, 3.05) is 5.73 Å². The van der Waals surface area contributed by atoms with Gasteiger partial charge >= 0.3 is 0 Å². The molecule has 26 heavy (non-hydrogen) atoms. The van der Waals surface area contributed by atoms with Crippen LogP contribution < -0.4 is 28.0 Å². The molecule has 1 aromatic heterocycles. The largest absolute Gasteiger partial charge is 0.424 e. The predicted octanol–water partition coefficient (Wildman–Crippen LogP) is 0.0967. The highest BCUT2D eigenvalue weighted by Crippen LogP contribution is 2.36. The van der Waals surface area contributed by atoms with E-state index in [0.29, 0.717) is 22.2 Å². The van der Waals surface area contributed by atoms with E-state index in [1.165, 1.54) is 6.07 Å². The molecule has 0 bridgehead atoms. The Kier molecular flexibility index (Phi) is 4.50. The van der Waals surface area contributed by atoms with Gasteiger partial charge in [0.15, 0.2) is 11.4 Å². The van der Waals surface area contributed by atoms with Crippen LogP contribution in [0.25, 0.3) is 22.2 Å². The number of nitrogens with zero attached hydrogens (tertiary/aromatic N) is 2. The number of hydrazone groups is 1. The van der Waals surface area contributed by atoms with Crippen molar-refractivity contribution >= 4 is 45.6 Å². The average Bonchev–Trinajstić information content (AvgIpc) is 2.93. The molecule has 3 aromatic rings. The summed E-state index contributed by atoms with van der Waals surface area (Å²) >= 11 is 4.19. The van der Waals surface area contributed by atoms with E-state index in [1.54, 1.807) is 24.3 Å². The van der Waals surface area contributed by atoms with Gasteiger partial charge in [0.05, 0.1) is 0 Å². The standard InChI is InChI=1S/C14H15N7O3S2/c15-13(20-21-17)10-6(4-5-9(25)12(10)26(18,22)23)7-2-1-3-8-11(7)19-14(16)24-8/h1-5,21,25H,17H2,(H2,15,20)(H2,16,19)(H2,18,22,23). The van der Waals surface area contributed by atoms with Crippen LogP contribution in [0.5, 0.6) is 0 Å². The zero-order valence-corrected chi connectivity index (χ0v) is 14.9. The first-order chi connectivity index (χ1) is 12.2. The number of anilines is 1. The maximum Gasteiger partial charge on any atom is 0.293 e. The molecule has 0 spiro atoms. The van der Waals surface area contributed by atoms with E-state index in [2.05, 4.69) is 22.7 Å². The maximum atomic E-state index is 12.1. The Balaban J connectivity index is 2.47. The summed E-state index contributed by atoms with van der Waals surface area (Å²) in [6.45, 7) is 0. The molecule has 0 aliphatic carbocycles. The van der Waals surface area contributed by atoms with E-state index in [1.807, 2.05) is 5.53 Å². The molecule has 0 saturated carbocycles. The van der Waals surface area contributed by atoms with Crippen molar-refractivity contribution in [3.63, 3.8) is 0 Å². The van der Waals surface area contributed by atoms with Crippen molar-refractivity contribution in [1.29, 1.82) is 0 Å². The van der Waals surface area contributed by atoms with Crippen LogP contribution >= 0.6 is 12.6 Å². The summed E-state index contributed by atoms with van der Waals surface area (Å²) in [6, 6.07) is 8.15. The molecule has 0 aliphatic rings. The van der Waals surface area contributed by atoms with Crippen LogP contribution in [0, 0.1) is 0 Å². The summed E-state index contributed by atoms with van der Waals surface area (Å²) < 4.78 is 29.6. The number of nitrogens with one attached hydrogen (secondary N) is 1. The van der Waals surface area contributed by atoms with Gasteiger partial charge in [0.2, 0.25) is 10.0 Å². The molecule has 9 N–H and O–H groups in total. The molecule has 136 valence electrons. The highest BCUT2D eigenvalue weighted by Gasteiger charge is 2.25. The number of sulfonamides is 1. The molecule has 0 amide bonds. The van der Waals surface area contributed by atoms with Crippen molar-refractivity contribution in [3.05, 3.63) is 35.9 Å². The number of thiol groups is 1. The van der Waals surface area contributed by atoms with E-state index in [4.69, 9.17) is 26.9 Å². The van der Waals surface area contributed by atoms with Crippen LogP contribution in [0.1, 0.15) is 5.56 Å². The number of nitrogen functional groups attached to an aromatic ring is 1. The molecule has 3 rings (SSSR count). The highest BCUT2D eigenvalue weighted by atomic mass is 32.2. The van der Waals surface area contributed by atoms with Crippen LogP contribution in [-0.4, -0.2) is 19.2 Å². The minimum Gasteiger partial charge on any atom is -0.424 e. The number of amidine groups is 1. The Morgan fingerprint density at radius 2 is 1.96 bits per heavy atom. The molecule has 0 atom stereocenters. The molecule has 0 fully saturated rings. The number of hydrogen-bond acceptors (Lipinski definition) is 9. The second kappa shape index (κ2) is 6.49. The number of hydrogen-bond donors (Lipinski definition) is 6. The van der Waals surface area contributed by atoms with Gasteiger partial charge < -0.3 is 15.9 Å². The minimum absolute atomic E-state index is 0.0308. The Labute approximate surface area is 153 Å². The fourth-order valence-corrected chi connectivity index (χ4v) is 4.07. The zero-order chi connectivity index (χ0) is 19.1. The lowest BCUT2D eigenvalue weighted by Crippen LogP contribution is -2.27. The van der Waals surface area contributed by atoms with Crippen molar-refractivity contribution < 1.29 is 12.8 Å². The molecule has 0 unspecified atom stereocenters. The monoisotopic (exact) mass is 393 g/mol. The van der Waals surface area contributed by atoms with E-state index < -0.39 is 10.0 Å². The maximum absolute atomic E-state index is 12.1. The van der Waals surface area contributed by atoms with Crippen LogP contribution in [-0.2, 0) is 10.0 Å². The van der Waals surface area contributed by atoms with Gasteiger partial charge in [-0.05, 0) is 17.7 Å². The lowest BCUT2D eigenvalue weighted by molar-refractivity contribution is 0.595. The third-order valence-corrected chi connectivity index (χ3v) is 5.11. The van der Waals surface area contributed by atoms with Crippen molar-refractivity contribution in [1.82, 2.24) is 10.5 Å². The van der Waals surface area contributed by atoms with Gasteiger partial charge in [-0.25, -0.2) is 24.9 Å². The molecular weight excluding hydrogens is 378 g/mol. The second-order valence-corrected chi connectivity index (χ2v) is 7.19.